The van der Waals surface area contributed by atoms with Gasteiger partial charge in [-0.15, -0.1) is 11.1 Å². The van der Waals surface area contributed by atoms with Crippen molar-refractivity contribution in [3.63, 3.8) is 0 Å². The highest BCUT2D eigenvalue weighted by molar-refractivity contribution is 7.43. The molecule has 5 heteroatoms. The molecular formula is C33H51ClSi4. The standard InChI is InChI=1S/C33H51ClSi4/c1-22-16-19-28(35(7,8)9)31(25(22)4)38(34,32-26(5)23(2)17-20-29(32)36(10,11)12)33-27(6)24(3)18-21-30(33)37(13,14)15/h16-21H,1-15H3. The first-order chi connectivity index (χ1) is 17.1. The fraction of sp³-hybridized carbons (Fsp3) is 0.455. The monoisotopic (exact) mass is 594 g/mol. The molecule has 0 heterocycles. The van der Waals surface area contributed by atoms with E-state index in [1.165, 1.54) is 48.9 Å². The van der Waals surface area contributed by atoms with Crippen LogP contribution in [0.4, 0.5) is 0 Å². The largest absolute Gasteiger partial charge is 0.248 e. The summed E-state index contributed by atoms with van der Waals surface area (Å²) in [5, 5.41) is 9.14. The maximum absolute atomic E-state index is 8.79. The quantitative estimate of drug-likeness (QED) is 0.176. The minimum Gasteiger partial charge on any atom is -0.149 e. The molecule has 0 atom stereocenters. The molecule has 0 radical (unpaired) electrons. The SMILES string of the molecule is Cc1ccc([Si](C)(C)C)c([Si](Cl)(c2c([Si](C)(C)C)ccc(C)c2C)c2c([Si](C)(C)C)ccc(C)c2C)c1C. The molecule has 38 heavy (non-hydrogen) atoms. The van der Waals surface area contributed by atoms with Gasteiger partial charge in [0.1, 0.15) is 0 Å². The first kappa shape index (κ1) is 31.3. The third-order valence-corrected chi connectivity index (χ3v) is 21.2. The smallest absolute Gasteiger partial charge is 0.149 e. The van der Waals surface area contributed by atoms with Crippen LogP contribution in [0.25, 0.3) is 0 Å². The Balaban J connectivity index is 2.83. The Morgan fingerprint density at radius 2 is 0.605 bits per heavy atom. The molecule has 0 aliphatic carbocycles. The van der Waals surface area contributed by atoms with Crippen LogP contribution in [0.3, 0.4) is 0 Å². The second-order valence-electron chi connectivity index (χ2n) is 14.7. The molecule has 0 bridgehead atoms. The number of halogens is 1. The molecule has 0 aliphatic heterocycles. The number of benzene rings is 3. The van der Waals surface area contributed by atoms with Crippen LogP contribution in [-0.2, 0) is 0 Å². The van der Waals surface area contributed by atoms with Gasteiger partial charge in [0.2, 0.25) is 7.38 Å². The lowest BCUT2D eigenvalue weighted by Gasteiger charge is -2.41. The van der Waals surface area contributed by atoms with Gasteiger partial charge < -0.3 is 0 Å². The predicted octanol–water partition coefficient (Wildman–Crippen LogP) is 6.38. The zero-order chi connectivity index (χ0) is 29.2. The zero-order valence-electron chi connectivity index (χ0n) is 26.8. The number of rotatable bonds is 6. The number of hydrogen-bond acceptors (Lipinski definition) is 0. The van der Waals surface area contributed by atoms with E-state index in [1.807, 2.05) is 0 Å². The molecule has 3 aromatic rings. The lowest BCUT2D eigenvalue weighted by Crippen LogP contribution is -2.78. The summed E-state index contributed by atoms with van der Waals surface area (Å²) >= 11 is 8.79. The Labute approximate surface area is 243 Å². The van der Waals surface area contributed by atoms with Crippen LogP contribution in [0.2, 0.25) is 58.9 Å². The van der Waals surface area contributed by atoms with Crippen molar-refractivity contribution in [2.75, 3.05) is 0 Å². The molecule has 0 nitrogen and oxygen atoms in total. The van der Waals surface area contributed by atoms with Gasteiger partial charge in [0.15, 0.2) is 0 Å². The summed E-state index contributed by atoms with van der Waals surface area (Å²) in [5.41, 5.74) is 8.32. The summed E-state index contributed by atoms with van der Waals surface area (Å²) in [7, 11) is -8.16. The van der Waals surface area contributed by atoms with Gasteiger partial charge in [-0.2, -0.15) is 0 Å². The van der Waals surface area contributed by atoms with Crippen molar-refractivity contribution < 1.29 is 0 Å². The number of aryl methyl sites for hydroxylation is 3. The summed E-state index contributed by atoms with van der Waals surface area (Å²) in [4.78, 5) is 0. The van der Waals surface area contributed by atoms with E-state index < -0.39 is 31.6 Å². The highest BCUT2D eigenvalue weighted by Crippen LogP contribution is 2.24. The maximum atomic E-state index is 8.79. The van der Waals surface area contributed by atoms with Gasteiger partial charge in [-0.05, 0) is 90.5 Å². The third-order valence-electron chi connectivity index (χ3n) is 8.67. The first-order valence-electron chi connectivity index (χ1n) is 14.2. The molecule has 0 aromatic heterocycles. The molecular weight excluding hydrogens is 544 g/mol. The maximum Gasteiger partial charge on any atom is 0.248 e. The lowest BCUT2D eigenvalue weighted by molar-refractivity contribution is 1.35. The Bertz CT molecular complexity index is 1210. The topological polar surface area (TPSA) is 0 Å². The van der Waals surface area contributed by atoms with Crippen molar-refractivity contribution in [2.24, 2.45) is 0 Å². The van der Waals surface area contributed by atoms with Crippen molar-refractivity contribution >= 4 is 73.8 Å². The molecule has 0 aliphatic rings. The molecule has 3 rings (SSSR count). The van der Waals surface area contributed by atoms with E-state index in [0.717, 1.165) is 0 Å². The van der Waals surface area contributed by atoms with Gasteiger partial charge in [0, 0.05) is 0 Å². The van der Waals surface area contributed by atoms with Gasteiger partial charge in [0.25, 0.3) is 0 Å². The molecule has 0 amide bonds. The minimum absolute atomic E-state index is 1.36. The fourth-order valence-corrected chi connectivity index (χ4v) is 22.8. The van der Waals surface area contributed by atoms with Crippen molar-refractivity contribution in [1.82, 2.24) is 0 Å². The van der Waals surface area contributed by atoms with Crippen LogP contribution >= 0.6 is 11.1 Å². The third kappa shape index (κ3) is 5.41. The van der Waals surface area contributed by atoms with E-state index in [4.69, 9.17) is 11.1 Å². The predicted molar refractivity (Wildman–Crippen MR) is 187 cm³/mol. The van der Waals surface area contributed by atoms with Gasteiger partial charge in [-0.25, -0.2) is 0 Å². The lowest BCUT2D eigenvalue weighted by atomic mass is 10.1. The van der Waals surface area contributed by atoms with Crippen LogP contribution in [0, 0.1) is 41.5 Å². The zero-order valence-corrected chi connectivity index (χ0v) is 31.6. The van der Waals surface area contributed by atoms with Crippen LogP contribution in [0.5, 0.6) is 0 Å². The fourth-order valence-electron chi connectivity index (χ4n) is 6.03. The summed E-state index contributed by atoms with van der Waals surface area (Å²) in [6.45, 7) is 36.4. The molecule has 0 N–H and O–H groups in total. The van der Waals surface area contributed by atoms with Crippen LogP contribution in [0.15, 0.2) is 36.4 Å². The second-order valence-corrected chi connectivity index (χ2v) is 34.3. The van der Waals surface area contributed by atoms with Crippen LogP contribution in [0.1, 0.15) is 33.4 Å². The second kappa shape index (κ2) is 10.3. The minimum atomic E-state index is -2.99. The Morgan fingerprint density at radius 1 is 0.395 bits per heavy atom. The van der Waals surface area contributed by atoms with Gasteiger partial charge in [0.05, 0.1) is 24.2 Å². The highest BCUT2D eigenvalue weighted by Gasteiger charge is 2.49. The van der Waals surface area contributed by atoms with Gasteiger partial charge >= 0.3 is 0 Å². The van der Waals surface area contributed by atoms with E-state index in [2.05, 4.69) is 137 Å². The van der Waals surface area contributed by atoms with Crippen molar-refractivity contribution in [3.8, 4) is 0 Å². The van der Waals surface area contributed by atoms with Crippen molar-refractivity contribution in [2.45, 2.75) is 100 Å². The first-order valence-corrected chi connectivity index (χ1v) is 27.7. The Hall–Kier alpha value is -1.18. The van der Waals surface area contributed by atoms with E-state index >= 15 is 0 Å². The Morgan fingerprint density at radius 3 is 0.789 bits per heavy atom. The molecule has 0 saturated carbocycles. The van der Waals surface area contributed by atoms with Crippen LogP contribution < -0.4 is 31.1 Å². The Kier molecular flexibility index (Phi) is 8.53. The molecule has 0 fully saturated rings. The van der Waals surface area contributed by atoms with Gasteiger partial charge in [-0.3, -0.25) is 0 Å². The average molecular weight is 596 g/mol. The molecule has 0 unspecified atom stereocenters. The van der Waals surface area contributed by atoms with E-state index in [0.29, 0.717) is 0 Å². The summed E-state index contributed by atoms with van der Waals surface area (Å²) in [6, 6.07) is 14.4. The number of hydrogen-bond donors (Lipinski definition) is 0. The normalized spacial score (nSPS) is 13.3. The van der Waals surface area contributed by atoms with Crippen molar-refractivity contribution in [3.05, 3.63) is 69.8 Å². The van der Waals surface area contributed by atoms with Crippen molar-refractivity contribution in [1.29, 1.82) is 0 Å². The van der Waals surface area contributed by atoms with Gasteiger partial charge in [-0.1, -0.05) is 111 Å². The molecule has 3 aromatic carbocycles. The summed E-state index contributed by atoms with van der Waals surface area (Å²) < 4.78 is 0. The summed E-state index contributed by atoms with van der Waals surface area (Å²) in [6.07, 6.45) is 0. The molecule has 206 valence electrons. The van der Waals surface area contributed by atoms with Crippen LogP contribution in [-0.4, -0.2) is 31.6 Å². The van der Waals surface area contributed by atoms with E-state index in [-0.39, 0.29) is 0 Å². The molecule has 0 saturated heterocycles. The molecule has 0 spiro atoms. The highest BCUT2D eigenvalue weighted by atomic mass is 35.6. The average Bonchev–Trinajstić information content (AvgIpc) is 2.76. The van der Waals surface area contributed by atoms with E-state index in [9.17, 15) is 0 Å². The van der Waals surface area contributed by atoms with E-state index in [1.54, 1.807) is 15.6 Å². The summed E-state index contributed by atoms with van der Waals surface area (Å²) in [5.74, 6) is 0.